The first kappa shape index (κ1) is 9.48. The van der Waals surface area contributed by atoms with Crippen LogP contribution < -0.4 is 5.32 Å². The van der Waals surface area contributed by atoms with Gasteiger partial charge in [-0.15, -0.1) is 0 Å². The summed E-state index contributed by atoms with van der Waals surface area (Å²) in [5, 5.41) is 2.98. The molecule has 66 valence electrons. The van der Waals surface area contributed by atoms with Gasteiger partial charge >= 0.3 is 0 Å². The maximum Gasteiger partial charge on any atom is 0.0831 e. The van der Waals surface area contributed by atoms with Crippen molar-refractivity contribution in [3.63, 3.8) is 0 Å². The van der Waals surface area contributed by atoms with Gasteiger partial charge in [0.25, 0.3) is 0 Å². The summed E-state index contributed by atoms with van der Waals surface area (Å²) in [5.41, 5.74) is 1.74. The van der Waals surface area contributed by atoms with E-state index in [1.54, 1.807) is 13.1 Å². The molecule has 0 saturated carbocycles. The van der Waals surface area contributed by atoms with E-state index < -0.39 is 0 Å². The molecule has 12 heavy (non-hydrogen) atoms. The van der Waals surface area contributed by atoms with Crippen molar-refractivity contribution in [2.24, 2.45) is 0 Å². The minimum absolute atomic E-state index is 0.245. The van der Waals surface area contributed by atoms with Gasteiger partial charge in [-0.2, -0.15) is 3.89 Å². The second kappa shape index (κ2) is 4.42. The van der Waals surface area contributed by atoms with Crippen molar-refractivity contribution in [2.45, 2.75) is 18.4 Å². The number of pyridine rings is 1. The largest absolute Gasteiger partial charge is 0.316 e. The highest BCUT2D eigenvalue weighted by Crippen LogP contribution is 2.22. The van der Waals surface area contributed by atoms with Crippen LogP contribution in [0, 0.1) is 6.92 Å². The number of hydrogen-bond acceptors (Lipinski definition) is 3. The molecule has 0 saturated heterocycles. The van der Waals surface area contributed by atoms with E-state index in [0.29, 0.717) is 4.90 Å². The molecule has 4 heteroatoms. The van der Waals surface area contributed by atoms with Crippen LogP contribution in [0.1, 0.15) is 11.3 Å². The average molecular weight is 186 g/mol. The Hall–Kier alpha value is -0.610. The van der Waals surface area contributed by atoms with Crippen molar-refractivity contribution in [2.75, 3.05) is 7.05 Å². The zero-order valence-electron chi connectivity index (χ0n) is 7.10. The predicted octanol–water partition coefficient (Wildman–Crippen LogP) is 2.09. The lowest BCUT2D eigenvalue weighted by Crippen LogP contribution is -2.05. The minimum Gasteiger partial charge on any atom is -0.316 e. The topological polar surface area (TPSA) is 24.9 Å². The van der Waals surface area contributed by atoms with E-state index in [4.69, 9.17) is 0 Å². The maximum atomic E-state index is 12.3. The molecule has 1 N–H and O–H groups in total. The van der Waals surface area contributed by atoms with Crippen LogP contribution in [0.15, 0.2) is 17.2 Å². The summed E-state index contributed by atoms with van der Waals surface area (Å²) < 4.78 is 12.3. The van der Waals surface area contributed by atoms with Crippen LogP contribution >= 0.6 is 12.1 Å². The normalized spacial score (nSPS) is 10.2. The van der Waals surface area contributed by atoms with Gasteiger partial charge in [-0.25, -0.2) is 0 Å². The summed E-state index contributed by atoms with van der Waals surface area (Å²) >= 11 is 0.245. The Balaban J connectivity index is 2.89. The summed E-state index contributed by atoms with van der Waals surface area (Å²) in [6.07, 6.45) is 1.76. The molecule has 1 aromatic heterocycles. The standard InChI is InChI=1S/C8H11FN2S/c1-6-8(12-9)3-7(4-10-2)5-11-6/h3,5,10H,4H2,1-2H3. The van der Waals surface area contributed by atoms with Crippen LogP contribution in [0.5, 0.6) is 0 Å². The maximum absolute atomic E-state index is 12.3. The van der Waals surface area contributed by atoms with Crippen molar-refractivity contribution in [3.8, 4) is 0 Å². The first-order valence-corrected chi connectivity index (χ1v) is 4.38. The van der Waals surface area contributed by atoms with Crippen molar-refractivity contribution in [1.82, 2.24) is 10.3 Å². The Kier molecular flexibility index (Phi) is 3.49. The summed E-state index contributed by atoms with van der Waals surface area (Å²) in [5.74, 6) is 0. The number of halogens is 1. The molecule has 0 unspecified atom stereocenters. The molecule has 0 aliphatic carbocycles. The van der Waals surface area contributed by atoms with Crippen LogP contribution in [0.4, 0.5) is 3.89 Å². The zero-order valence-corrected chi connectivity index (χ0v) is 7.91. The fourth-order valence-corrected chi connectivity index (χ4v) is 1.29. The number of aromatic nitrogens is 1. The van der Waals surface area contributed by atoms with Crippen LogP contribution in [-0.2, 0) is 6.54 Å². The van der Waals surface area contributed by atoms with Gasteiger partial charge in [-0.1, -0.05) is 0 Å². The van der Waals surface area contributed by atoms with E-state index in [0.717, 1.165) is 17.8 Å². The Morgan fingerprint density at radius 3 is 3.00 bits per heavy atom. The van der Waals surface area contributed by atoms with Crippen molar-refractivity contribution in [1.29, 1.82) is 0 Å². The molecule has 0 amide bonds. The summed E-state index contributed by atoms with van der Waals surface area (Å²) in [7, 11) is 1.85. The first-order valence-electron chi connectivity index (χ1n) is 3.66. The Morgan fingerprint density at radius 1 is 1.67 bits per heavy atom. The lowest BCUT2D eigenvalue weighted by molar-refractivity contribution is 0.805. The molecule has 1 aromatic rings. The van der Waals surface area contributed by atoms with E-state index in [2.05, 4.69) is 10.3 Å². The van der Waals surface area contributed by atoms with Gasteiger partial charge in [0.1, 0.15) is 0 Å². The quantitative estimate of drug-likeness (QED) is 0.782. The molecular formula is C8H11FN2S. The fraction of sp³-hybridized carbons (Fsp3) is 0.375. The molecule has 1 rings (SSSR count). The van der Waals surface area contributed by atoms with Gasteiger partial charge in [0.05, 0.1) is 22.7 Å². The first-order chi connectivity index (χ1) is 5.77. The number of rotatable bonds is 3. The molecule has 0 spiro atoms. The van der Waals surface area contributed by atoms with Crippen LogP contribution in [0.3, 0.4) is 0 Å². The highest BCUT2D eigenvalue weighted by Gasteiger charge is 2.01. The molecule has 0 aliphatic heterocycles. The van der Waals surface area contributed by atoms with E-state index in [-0.39, 0.29) is 12.1 Å². The fourth-order valence-electron chi connectivity index (χ4n) is 0.932. The van der Waals surface area contributed by atoms with E-state index in [1.807, 2.05) is 13.1 Å². The predicted molar refractivity (Wildman–Crippen MR) is 48.7 cm³/mol. The lowest BCUT2D eigenvalue weighted by atomic mass is 10.2. The Morgan fingerprint density at radius 2 is 2.42 bits per heavy atom. The molecule has 0 aromatic carbocycles. The van der Waals surface area contributed by atoms with Crippen LogP contribution in [0.25, 0.3) is 0 Å². The van der Waals surface area contributed by atoms with Crippen molar-refractivity contribution >= 4 is 12.1 Å². The molecule has 0 bridgehead atoms. The summed E-state index contributed by atoms with van der Waals surface area (Å²) in [6, 6.07) is 1.81. The third-order valence-corrected chi connectivity index (χ3v) is 2.14. The molecule has 0 atom stereocenters. The number of nitrogens with one attached hydrogen (secondary N) is 1. The van der Waals surface area contributed by atoms with Crippen LogP contribution in [-0.4, -0.2) is 12.0 Å². The second-order valence-corrected chi connectivity index (χ2v) is 3.13. The Bertz CT molecular complexity index is 265. The van der Waals surface area contributed by atoms with E-state index in [1.165, 1.54) is 0 Å². The third-order valence-electron chi connectivity index (χ3n) is 1.56. The van der Waals surface area contributed by atoms with E-state index in [9.17, 15) is 3.89 Å². The number of hydrogen-bond donors (Lipinski definition) is 1. The summed E-state index contributed by atoms with van der Waals surface area (Å²) in [4.78, 5) is 4.67. The monoisotopic (exact) mass is 186 g/mol. The zero-order chi connectivity index (χ0) is 8.97. The van der Waals surface area contributed by atoms with Gasteiger partial charge < -0.3 is 5.32 Å². The summed E-state index contributed by atoms with van der Waals surface area (Å²) in [6.45, 7) is 2.52. The molecule has 0 radical (unpaired) electrons. The average Bonchev–Trinajstić information content (AvgIpc) is 2.09. The van der Waals surface area contributed by atoms with Gasteiger partial charge in [-0.05, 0) is 25.6 Å². The Labute approximate surface area is 75.9 Å². The highest BCUT2D eigenvalue weighted by atomic mass is 32.2. The highest BCUT2D eigenvalue weighted by molar-refractivity contribution is 7.94. The molecule has 2 nitrogen and oxygen atoms in total. The van der Waals surface area contributed by atoms with E-state index >= 15 is 0 Å². The molecule has 0 aliphatic rings. The van der Waals surface area contributed by atoms with Crippen molar-refractivity contribution in [3.05, 3.63) is 23.5 Å². The van der Waals surface area contributed by atoms with Gasteiger partial charge in [0.2, 0.25) is 0 Å². The number of nitrogens with zero attached hydrogens (tertiary/aromatic N) is 1. The molecule has 1 heterocycles. The SMILES string of the molecule is CNCc1cnc(C)c(SF)c1. The third kappa shape index (κ3) is 2.19. The minimum atomic E-state index is 0.245. The second-order valence-electron chi connectivity index (χ2n) is 2.53. The lowest BCUT2D eigenvalue weighted by Gasteiger charge is -2.02. The van der Waals surface area contributed by atoms with Crippen LogP contribution in [0.2, 0.25) is 0 Å². The molecule has 0 fully saturated rings. The van der Waals surface area contributed by atoms with Crippen molar-refractivity contribution < 1.29 is 3.89 Å². The van der Waals surface area contributed by atoms with Gasteiger partial charge in [-0.3, -0.25) is 4.98 Å². The molecular weight excluding hydrogens is 175 g/mol. The van der Waals surface area contributed by atoms with Gasteiger partial charge in [0.15, 0.2) is 0 Å². The smallest absolute Gasteiger partial charge is 0.0831 e. The number of aryl methyl sites for hydroxylation is 1. The van der Waals surface area contributed by atoms with Gasteiger partial charge in [0, 0.05) is 12.7 Å².